The number of hydrogen-bond donors (Lipinski definition) is 0. The molecule has 1 aliphatic carbocycles. The van der Waals surface area contributed by atoms with Crippen molar-refractivity contribution in [3.8, 4) is 11.1 Å². The molecule has 1 spiro atoms. The van der Waals surface area contributed by atoms with Gasteiger partial charge in [-0.25, -0.2) is 4.79 Å². The van der Waals surface area contributed by atoms with Gasteiger partial charge in [-0.15, -0.1) is 0 Å². The van der Waals surface area contributed by atoms with E-state index in [9.17, 15) is 4.79 Å². The minimum Gasteiger partial charge on any atom is -0.457 e. The SMILES string of the molecule is O=C1OCc2cc(N3c4ccccc4C4(c5ccccc5-c5ccccc54)c4ccccc43)ccc21. The van der Waals surface area contributed by atoms with Crippen molar-refractivity contribution in [3.05, 3.63) is 149 Å². The van der Waals surface area contributed by atoms with Crippen molar-refractivity contribution in [1.82, 2.24) is 0 Å². The summed E-state index contributed by atoms with van der Waals surface area (Å²) >= 11 is 0. The average Bonchev–Trinajstić information content (AvgIpc) is 3.45. The Balaban J connectivity index is 1.48. The van der Waals surface area contributed by atoms with Crippen molar-refractivity contribution in [3.63, 3.8) is 0 Å². The number of ether oxygens (including phenoxy) is 1. The largest absolute Gasteiger partial charge is 0.457 e. The van der Waals surface area contributed by atoms with Crippen LogP contribution in [0.5, 0.6) is 0 Å². The number of hydrogen-bond acceptors (Lipinski definition) is 3. The fraction of sp³-hybridized carbons (Fsp3) is 0.0606. The molecule has 0 saturated carbocycles. The molecule has 5 aromatic rings. The van der Waals surface area contributed by atoms with Crippen molar-refractivity contribution in [1.29, 1.82) is 0 Å². The molecule has 0 amide bonds. The number of cyclic esters (lactones) is 1. The molecule has 2 heterocycles. The van der Waals surface area contributed by atoms with Crippen LogP contribution in [0.1, 0.15) is 38.2 Å². The number of anilines is 3. The highest BCUT2D eigenvalue weighted by molar-refractivity contribution is 5.97. The van der Waals surface area contributed by atoms with Crippen LogP contribution in [0.25, 0.3) is 11.1 Å². The summed E-state index contributed by atoms with van der Waals surface area (Å²) in [5.41, 5.74) is 12.2. The highest BCUT2D eigenvalue weighted by Crippen LogP contribution is 2.63. The molecule has 0 saturated heterocycles. The number of carbonyl (C=O) groups is 1. The predicted molar refractivity (Wildman–Crippen MR) is 141 cm³/mol. The molecule has 0 aromatic heterocycles. The highest BCUT2D eigenvalue weighted by atomic mass is 16.5. The number of esters is 1. The number of fused-ring (bicyclic) bond motifs is 10. The fourth-order valence-electron chi connectivity index (χ4n) is 6.60. The number of nitrogens with zero attached hydrogens (tertiary/aromatic N) is 1. The summed E-state index contributed by atoms with van der Waals surface area (Å²) in [4.78, 5) is 14.5. The Kier molecular flexibility index (Phi) is 3.80. The molecule has 0 radical (unpaired) electrons. The van der Waals surface area contributed by atoms with Gasteiger partial charge in [0, 0.05) is 11.3 Å². The van der Waals surface area contributed by atoms with Crippen molar-refractivity contribution >= 4 is 23.0 Å². The van der Waals surface area contributed by atoms with Gasteiger partial charge in [0.2, 0.25) is 0 Å². The van der Waals surface area contributed by atoms with E-state index in [1.54, 1.807) is 0 Å². The normalized spacial score (nSPS) is 15.6. The highest BCUT2D eigenvalue weighted by Gasteiger charge is 2.51. The van der Waals surface area contributed by atoms with Crippen molar-refractivity contribution < 1.29 is 9.53 Å². The predicted octanol–water partition coefficient (Wildman–Crippen LogP) is 7.50. The Morgan fingerprint density at radius 2 is 1.11 bits per heavy atom. The molecule has 0 bridgehead atoms. The smallest absolute Gasteiger partial charge is 0.338 e. The second-order valence-electron chi connectivity index (χ2n) is 9.63. The van der Waals surface area contributed by atoms with Crippen LogP contribution in [-0.2, 0) is 16.8 Å². The monoisotopic (exact) mass is 463 g/mol. The minimum absolute atomic E-state index is 0.242. The minimum atomic E-state index is -0.410. The van der Waals surface area contributed by atoms with Gasteiger partial charge in [0.1, 0.15) is 6.61 Å². The zero-order chi connectivity index (χ0) is 23.9. The molecular formula is C33H21NO2. The lowest BCUT2D eigenvalue weighted by Gasteiger charge is -2.45. The number of carbonyl (C=O) groups excluding carboxylic acids is 1. The van der Waals surface area contributed by atoms with E-state index in [1.165, 1.54) is 33.4 Å². The summed E-state index contributed by atoms with van der Waals surface area (Å²) in [5, 5.41) is 0. The molecule has 3 nitrogen and oxygen atoms in total. The summed E-state index contributed by atoms with van der Waals surface area (Å²) in [7, 11) is 0. The molecular weight excluding hydrogens is 442 g/mol. The molecule has 2 aliphatic heterocycles. The summed E-state index contributed by atoms with van der Waals surface area (Å²) in [5.74, 6) is -0.242. The molecule has 0 N–H and O–H groups in total. The first-order valence-corrected chi connectivity index (χ1v) is 12.3. The Labute approximate surface area is 209 Å². The van der Waals surface area contributed by atoms with Gasteiger partial charge in [0.25, 0.3) is 0 Å². The van der Waals surface area contributed by atoms with Gasteiger partial charge in [-0.3, -0.25) is 0 Å². The molecule has 36 heavy (non-hydrogen) atoms. The first-order chi connectivity index (χ1) is 17.8. The maximum Gasteiger partial charge on any atom is 0.338 e. The lowest BCUT2D eigenvalue weighted by atomic mass is 9.64. The topological polar surface area (TPSA) is 29.5 Å². The Bertz CT molecular complexity index is 1640. The lowest BCUT2D eigenvalue weighted by Crippen LogP contribution is -2.36. The zero-order valence-electron chi connectivity index (χ0n) is 19.4. The Hall–Kier alpha value is -4.63. The van der Waals surface area contributed by atoms with Crippen LogP contribution in [0.3, 0.4) is 0 Å². The maximum atomic E-state index is 12.1. The van der Waals surface area contributed by atoms with E-state index in [2.05, 4.69) is 108 Å². The van der Waals surface area contributed by atoms with Crippen LogP contribution >= 0.6 is 0 Å². The number of para-hydroxylation sites is 2. The first-order valence-electron chi connectivity index (χ1n) is 12.3. The third-order valence-electron chi connectivity index (χ3n) is 7.98. The molecule has 0 fully saturated rings. The summed E-state index contributed by atoms with van der Waals surface area (Å²) < 4.78 is 5.30. The first kappa shape index (κ1) is 19.7. The standard InChI is InChI=1S/C33H21NO2/c35-32-23-18-17-22(19-21(23)20-36-32)34-30-15-7-5-13-28(30)33(29-14-6-8-16-31(29)34)26-11-3-1-9-24(26)25-10-2-4-12-27(25)33/h1-19H,20H2. The molecule has 3 aliphatic rings. The van der Waals surface area contributed by atoms with Gasteiger partial charge in [0.15, 0.2) is 0 Å². The van der Waals surface area contributed by atoms with Gasteiger partial charge in [0.05, 0.1) is 22.4 Å². The van der Waals surface area contributed by atoms with E-state index in [4.69, 9.17) is 4.74 Å². The van der Waals surface area contributed by atoms with E-state index in [1.807, 2.05) is 12.1 Å². The Morgan fingerprint density at radius 1 is 0.583 bits per heavy atom. The third kappa shape index (κ3) is 2.30. The van der Waals surface area contributed by atoms with Crippen LogP contribution in [0.4, 0.5) is 17.1 Å². The lowest BCUT2D eigenvalue weighted by molar-refractivity contribution is 0.0535. The molecule has 5 aromatic carbocycles. The van der Waals surface area contributed by atoms with E-state index in [-0.39, 0.29) is 5.97 Å². The second kappa shape index (κ2) is 6.96. The quantitative estimate of drug-likeness (QED) is 0.236. The van der Waals surface area contributed by atoms with E-state index in [0.717, 1.165) is 22.6 Å². The van der Waals surface area contributed by atoms with Gasteiger partial charge in [-0.2, -0.15) is 0 Å². The summed E-state index contributed by atoms with van der Waals surface area (Å²) in [6, 6.07) is 41.2. The fourth-order valence-corrected chi connectivity index (χ4v) is 6.60. The molecule has 0 unspecified atom stereocenters. The number of rotatable bonds is 1. The number of benzene rings is 5. The van der Waals surface area contributed by atoms with Gasteiger partial charge < -0.3 is 9.64 Å². The van der Waals surface area contributed by atoms with E-state index < -0.39 is 5.41 Å². The summed E-state index contributed by atoms with van der Waals surface area (Å²) in [6.07, 6.45) is 0. The molecule has 0 atom stereocenters. The zero-order valence-corrected chi connectivity index (χ0v) is 19.4. The molecule has 3 heteroatoms. The van der Waals surface area contributed by atoms with Crippen molar-refractivity contribution in [2.24, 2.45) is 0 Å². The van der Waals surface area contributed by atoms with Crippen LogP contribution in [0.15, 0.2) is 115 Å². The molecule has 170 valence electrons. The average molecular weight is 464 g/mol. The van der Waals surface area contributed by atoms with Crippen LogP contribution < -0.4 is 4.90 Å². The van der Waals surface area contributed by atoms with Crippen molar-refractivity contribution in [2.75, 3.05) is 4.90 Å². The Morgan fingerprint density at radius 3 is 1.72 bits per heavy atom. The second-order valence-corrected chi connectivity index (χ2v) is 9.63. The van der Waals surface area contributed by atoms with Crippen LogP contribution in [0, 0.1) is 0 Å². The van der Waals surface area contributed by atoms with Gasteiger partial charge in [-0.05, 0) is 63.7 Å². The van der Waals surface area contributed by atoms with Crippen LogP contribution in [-0.4, -0.2) is 5.97 Å². The summed E-state index contributed by atoms with van der Waals surface area (Å²) in [6.45, 7) is 0.323. The van der Waals surface area contributed by atoms with Crippen molar-refractivity contribution in [2.45, 2.75) is 12.0 Å². The maximum absolute atomic E-state index is 12.1. The van der Waals surface area contributed by atoms with E-state index in [0.29, 0.717) is 12.2 Å². The molecule has 8 rings (SSSR count). The van der Waals surface area contributed by atoms with Gasteiger partial charge >= 0.3 is 5.97 Å². The van der Waals surface area contributed by atoms with Crippen LogP contribution in [0.2, 0.25) is 0 Å². The van der Waals surface area contributed by atoms with E-state index >= 15 is 0 Å². The van der Waals surface area contributed by atoms with Gasteiger partial charge in [-0.1, -0.05) is 84.9 Å². The third-order valence-corrected chi connectivity index (χ3v) is 7.98.